The van der Waals surface area contributed by atoms with Gasteiger partial charge in [-0.05, 0) is 49.4 Å². The molecule has 1 amide bonds. The number of nitrogens with zero attached hydrogens (tertiary/aromatic N) is 1. The average Bonchev–Trinajstić information content (AvgIpc) is 2.74. The van der Waals surface area contributed by atoms with Gasteiger partial charge in [0.2, 0.25) is 11.8 Å². The van der Waals surface area contributed by atoms with E-state index < -0.39 is 5.41 Å². The summed E-state index contributed by atoms with van der Waals surface area (Å²) in [4.78, 5) is 16.5. The van der Waals surface area contributed by atoms with Crippen LogP contribution in [0.25, 0.3) is 0 Å². The second-order valence-corrected chi connectivity index (χ2v) is 7.86. The summed E-state index contributed by atoms with van der Waals surface area (Å²) < 4.78 is 11.3. The van der Waals surface area contributed by atoms with Crippen molar-refractivity contribution < 1.29 is 14.3 Å². The lowest BCUT2D eigenvalue weighted by Gasteiger charge is -2.23. The van der Waals surface area contributed by atoms with E-state index in [1.54, 1.807) is 12.3 Å². The van der Waals surface area contributed by atoms with Gasteiger partial charge in [-0.2, -0.15) is 0 Å². The first-order valence-corrected chi connectivity index (χ1v) is 10.5. The van der Waals surface area contributed by atoms with E-state index in [0.29, 0.717) is 25.6 Å². The van der Waals surface area contributed by atoms with Crippen molar-refractivity contribution in [3.8, 4) is 11.6 Å². The minimum atomic E-state index is -0.446. The monoisotopic (exact) mass is 398 g/mol. The van der Waals surface area contributed by atoms with Gasteiger partial charge in [0.1, 0.15) is 12.4 Å². The van der Waals surface area contributed by atoms with Crippen LogP contribution in [0.1, 0.15) is 52.0 Å². The average molecular weight is 399 g/mol. The van der Waals surface area contributed by atoms with Crippen LogP contribution in [0.15, 0.2) is 48.7 Å². The van der Waals surface area contributed by atoms with Crippen molar-refractivity contribution in [3.05, 3.63) is 54.2 Å². The van der Waals surface area contributed by atoms with Crippen LogP contribution in [0.3, 0.4) is 0 Å². The highest BCUT2D eigenvalue weighted by Gasteiger charge is 2.26. The van der Waals surface area contributed by atoms with E-state index in [2.05, 4.69) is 29.4 Å². The summed E-state index contributed by atoms with van der Waals surface area (Å²) in [6, 6.07) is 13.8. The first kappa shape index (κ1) is 22.7. The molecule has 1 heterocycles. The van der Waals surface area contributed by atoms with Crippen molar-refractivity contribution in [1.82, 2.24) is 10.3 Å². The maximum absolute atomic E-state index is 12.4. The summed E-state index contributed by atoms with van der Waals surface area (Å²) in [5.41, 5.74) is 0.905. The maximum Gasteiger partial charge on any atom is 0.225 e. The molecule has 0 bridgehead atoms. The molecule has 1 aromatic heterocycles. The highest BCUT2D eigenvalue weighted by molar-refractivity contribution is 5.81. The Labute approximate surface area is 174 Å². The van der Waals surface area contributed by atoms with E-state index >= 15 is 0 Å². The van der Waals surface area contributed by atoms with E-state index in [4.69, 9.17) is 9.47 Å². The van der Waals surface area contributed by atoms with E-state index in [1.165, 1.54) is 18.4 Å². The minimum Gasteiger partial charge on any atom is -0.494 e. The van der Waals surface area contributed by atoms with Crippen molar-refractivity contribution in [2.75, 3.05) is 19.8 Å². The number of pyridine rings is 1. The number of aromatic nitrogens is 1. The Balaban J connectivity index is 1.62. The molecule has 0 aliphatic carbocycles. The lowest BCUT2D eigenvalue weighted by molar-refractivity contribution is -0.129. The third-order valence-corrected chi connectivity index (χ3v) is 4.85. The Morgan fingerprint density at radius 2 is 1.83 bits per heavy atom. The fraction of sp³-hybridized carbons (Fsp3) is 0.500. The third-order valence-electron chi connectivity index (χ3n) is 4.85. The standard InChI is InChI=1S/C24H34N2O3/c1-4-5-9-20-11-13-21(14-12-20)28-18-8-15-24(2,3)23(27)26-17-19-29-22-10-6-7-16-25-22/h6-7,10-14,16H,4-5,8-9,15,17-19H2,1-3H3,(H,26,27). The zero-order chi connectivity index (χ0) is 21.0. The highest BCUT2D eigenvalue weighted by atomic mass is 16.5. The van der Waals surface area contributed by atoms with Crippen LogP contribution in [0.4, 0.5) is 0 Å². The SMILES string of the molecule is CCCCc1ccc(OCCCC(C)(C)C(=O)NCCOc2ccccn2)cc1. The van der Waals surface area contributed by atoms with Gasteiger partial charge in [0, 0.05) is 17.7 Å². The normalized spacial score (nSPS) is 11.1. The van der Waals surface area contributed by atoms with Crippen LogP contribution in [0.5, 0.6) is 11.6 Å². The Morgan fingerprint density at radius 1 is 1.03 bits per heavy atom. The number of ether oxygens (including phenoxy) is 2. The molecule has 158 valence electrons. The summed E-state index contributed by atoms with van der Waals surface area (Å²) in [6.07, 6.45) is 6.80. The first-order chi connectivity index (χ1) is 14.0. The number of carbonyl (C=O) groups is 1. The molecule has 0 atom stereocenters. The predicted molar refractivity (Wildman–Crippen MR) is 116 cm³/mol. The van der Waals surface area contributed by atoms with Gasteiger partial charge in [-0.3, -0.25) is 4.79 Å². The topological polar surface area (TPSA) is 60.5 Å². The molecule has 2 rings (SSSR count). The zero-order valence-corrected chi connectivity index (χ0v) is 17.9. The van der Waals surface area contributed by atoms with Crippen LogP contribution < -0.4 is 14.8 Å². The van der Waals surface area contributed by atoms with Gasteiger partial charge in [-0.15, -0.1) is 0 Å². The molecular formula is C24H34N2O3. The van der Waals surface area contributed by atoms with E-state index in [9.17, 15) is 4.79 Å². The number of hydrogen-bond donors (Lipinski definition) is 1. The van der Waals surface area contributed by atoms with Gasteiger partial charge in [0.15, 0.2) is 0 Å². The Kier molecular flexibility index (Phi) is 9.48. The molecule has 0 aliphatic rings. The highest BCUT2D eigenvalue weighted by Crippen LogP contribution is 2.23. The van der Waals surface area contributed by atoms with Crippen LogP contribution in [-0.2, 0) is 11.2 Å². The molecule has 0 aliphatic heterocycles. The fourth-order valence-electron chi connectivity index (χ4n) is 2.94. The van der Waals surface area contributed by atoms with Crippen LogP contribution in [0.2, 0.25) is 0 Å². The van der Waals surface area contributed by atoms with E-state index in [1.807, 2.05) is 38.1 Å². The molecule has 5 nitrogen and oxygen atoms in total. The predicted octanol–water partition coefficient (Wildman–Crippen LogP) is 4.80. The number of amides is 1. The van der Waals surface area contributed by atoms with E-state index in [-0.39, 0.29) is 5.91 Å². The molecule has 29 heavy (non-hydrogen) atoms. The number of rotatable bonds is 13. The summed E-state index contributed by atoms with van der Waals surface area (Å²) in [5.74, 6) is 1.48. The van der Waals surface area contributed by atoms with Gasteiger partial charge in [-0.1, -0.05) is 45.4 Å². The fourth-order valence-corrected chi connectivity index (χ4v) is 2.94. The molecule has 0 unspecified atom stereocenters. The Morgan fingerprint density at radius 3 is 2.52 bits per heavy atom. The van der Waals surface area contributed by atoms with Crippen LogP contribution >= 0.6 is 0 Å². The Bertz CT molecular complexity index is 715. The van der Waals surface area contributed by atoms with Crippen molar-refractivity contribution >= 4 is 5.91 Å². The largest absolute Gasteiger partial charge is 0.494 e. The number of carbonyl (C=O) groups excluding carboxylic acids is 1. The zero-order valence-electron chi connectivity index (χ0n) is 17.9. The molecule has 5 heteroatoms. The number of nitrogens with one attached hydrogen (secondary N) is 1. The molecule has 2 aromatic rings. The van der Waals surface area contributed by atoms with Crippen molar-refractivity contribution in [2.24, 2.45) is 5.41 Å². The summed E-state index contributed by atoms with van der Waals surface area (Å²) in [6.45, 7) is 7.59. The molecule has 0 spiro atoms. The molecule has 0 saturated carbocycles. The van der Waals surface area contributed by atoms with Gasteiger partial charge in [0.25, 0.3) is 0 Å². The molecule has 0 fully saturated rings. The number of hydrogen-bond acceptors (Lipinski definition) is 4. The number of unbranched alkanes of at least 4 members (excludes halogenated alkanes) is 1. The van der Waals surface area contributed by atoms with Crippen LogP contribution in [0, 0.1) is 5.41 Å². The van der Waals surface area contributed by atoms with E-state index in [0.717, 1.165) is 25.0 Å². The summed E-state index contributed by atoms with van der Waals surface area (Å²) in [5, 5.41) is 2.94. The molecular weight excluding hydrogens is 364 g/mol. The molecule has 1 N–H and O–H groups in total. The summed E-state index contributed by atoms with van der Waals surface area (Å²) in [7, 11) is 0. The van der Waals surface area contributed by atoms with Gasteiger partial charge < -0.3 is 14.8 Å². The van der Waals surface area contributed by atoms with Gasteiger partial charge in [0.05, 0.1) is 13.2 Å². The Hall–Kier alpha value is -2.56. The van der Waals surface area contributed by atoms with Crippen molar-refractivity contribution in [3.63, 3.8) is 0 Å². The molecule has 0 saturated heterocycles. The number of aryl methyl sites for hydroxylation is 1. The second-order valence-electron chi connectivity index (χ2n) is 7.86. The van der Waals surface area contributed by atoms with Crippen molar-refractivity contribution in [1.29, 1.82) is 0 Å². The lowest BCUT2D eigenvalue weighted by atomic mass is 9.87. The first-order valence-electron chi connectivity index (χ1n) is 10.5. The van der Waals surface area contributed by atoms with Gasteiger partial charge >= 0.3 is 0 Å². The second kappa shape index (κ2) is 12.1. The smallest absolute Gasteiger partial charge is 0.225 e. The summed E-state index contributed by atoms with van der Waals surface area (Å²) >= 11 is 0. The maximum atomic E-state index is 12.4. The number of benzene rings is 1. The lowest BCUT2D eigenvalue weighted by Crippen LogP contribution is -2.39. The van der Waals surface area contributed by atoms with Crippen molar-refractivity contribution in [2.45, 2.75) is 52.9 Å². The minimum absolute atomic E-state index is 0.0300. The third kappa shape index (κ3) is 8.55. The quantitative estimate of drug-likeness (QED) is 0.492. The van der Waals surface area contributed by atoms with Gasteiger partial charge in [-0.25, -0.2) is 4.98 Å². The molecule has 1 aromatic carbocycles. The molecule has 0 radical (unpaired) electrons. The van der Waals surface area contributed by atoms with Crippen LogP contribution in [-0.4, -0.2) is 30.6 Å².